The lowest BCUT2D eigenvalue weighted by molar-refractivity contribution is 0.331. The molecule has 0 aliphatic carbocycles. The van der Waals surface area contributed by atoms with Crippen LogP contribution in [-0.4, -0.2) is 18.0 Å². The molecule has 2 rings (SSSR count). The summed E-state index contributed by atoms with van der Waals surface area (Å²) in [6.07, 6.45) is 2.73. The van der Waals surface area contributed by atoms with Crippen LogP contribution in [0.4, 0.5) is 0 Å². The van der Waals surface area contributed by atoms with E-state index in [0.29, 0.717) is 6.54 Å². The van der Waals surface area contributed by atoms with Gasteiger partial charge in [-0.05, 0) is 42.9 Å². The van der Waals surface area contributed by atoms with Crippen LogP contribution in [0, 0.1) is 0 Å². The van der Waals surface area contributed by atoms with E-state index in [0.717, 1.165) is 6.54 Å². The van der Waals surface area contributed by atoms with Crippen LogP contribution in [0.25, 0.3) is 0 Å². The molecule has 2 nitrogen and oxygen atoms in total. The maximum absolute atomic E-state index is 5.66. The minimum absolute atomic E-state index is 0.695. The highest BCUT2D eigenvalue weighted by Gasteiger charge is 2.13. The Hall–Kier alpha value is -0.380. The minimum atomic E-state index is 0.695. The van der Waals surface area contributed by atoms with Crippen molar-refractivity contribution in [1.29, 1.82) is 0 Å². The van der Waals surface area contributed by atoms with Crippen molar-refractivity contribution < 1.29 is 0 Å². The molecule has 0 aromatic carbocycles. The van der Waals surface area contributed by atoms with E-state index in [1.54, 1.807) is 11.3 Å². The second kappa shape index (κ2) is 4.22. The quantitative estimate of drug-likeness (QED) is 0.799. The molecule has 0 amide bonds. The van der Waals surface area contributed by atoms with Crippen LogP contribution in [-0.2, 0) is 13.1 Å². The van der Waals surface area contributed by atoms with E-state index >= 15 is 0 Å². The lowest BCUT2D eigenvalue weighted by Gasteiger charge is -2.14. The molecule has 1 fully saturated rings. The Morgan fingerprint density at radius 2 is 2.15 bits per heavy atom. The van der Waals surface area contributed by atoms with Gasteiger partial charge in [0.1, 0.15) is 0 Å². The summed E-state index contributed by atoms with van der Waals surface area (Å²) in [6.45, 7) is 4.33. The number of thiophene rings is 1. The van der Waals surface area contributed by atoms with Gasteiger partial charge in [-0.3, -0.25) is 4.90 Å². The molecule has 1 aliphatic rings. The zero-order valence-corrected chi connectivity index (χ0v) is 8.65. The van der Waals surface area contributed by atoms with E-state index in [4.69, 9.17) is 5.73 Å². The summed E-state index contributed by atoms with van der Waals surface area (Å²) < 4.78 is 0. The van der Waals surface area contributed by atoms with Gasteiger partial charge in [0.15, 0.2) is 0 Å². The molecule has 2 N–H and O–H groups in total. The fraction of sp³-hybridized carbons (Fsp3) is 0.600. The van der Waals surface area contributed by atoms with Crippen LogP contribution >= 0.6 is 11.3 Å². The predicted octanol–water partition coefficient (Wildman–Crippen LogP) is 1.80. The van der Waals surface area contributed by atoms with Gasteiger partial charge in [0.2, 0.25) is 0 Å². The predicted molar refractivity (Wildman–Crippen MR) is 56.7 cm³/mol. The first kappa shape index (κ1) is 9.19. The molecule has 0 saturated carbocycles. The fourth-order valence-electron chi connectivity index (χ4n) is 1.87. The molecule has 0 atom stereocenters. The second-order valence-corrected chi connectivity index (χ2v) is 4.56. The lowest BCUT2D eigenvalue weighted by Crippen LogP contribution is -2.18. The molecule has 0 unspecified atom stereocenters. The third-order valence-corrected chi connectivity index (χ3v) is 3.60. The minimum Gasteiger partial charge on any atom is -0.326 e. The smallest absolute Gasteiger partial charge is 0.0277 e. The van der Waals surface area contributed by atoms with Crippen molar-refractivity contribution in [2.45, 2.75) is 25.9 Å². The fourth-order valence-corrected chi connectivity index (χ4v) is 2.65. The number of nitrogens with two attached hydrogens (primary N) is 1. The molecule has 0 radical (unpaired) electrons. The molecular formula is C10H16N2S. The van der Waals surface area contributed by atoms with Gasteiger partial charge in [-0.25, -0.2) is 0 Å². The van der Waals surface area contributed by atoms with Gasteiger partial charge in [-0.2, -0.15) is 0 Å². The average molecular weight is 196 g/mol. The molecule has 1 aromatic heterocycles. The van der Waals surface area contributed by atoms with Gasteiger partial charge in [0.05, 0.1) is 0 Å². The largest absolute Gasteiger partial charge is 0.326 e. The van der Waals surface area contributed by atoms with Crippen molar-refractivity contribution in [2.75, 3.05) is 13.1 Å². The van der Waals surface area contributed by atoms with Gasteiger partial charge in [0, 0.05) is 18.0 Å². The van der Waals surface area contributed by atoms with E-state index in [9.17, 15) is 0 Å². The molecule has 0 spiro atoms. The van der Waals surface area contributed by atoms with Crippen LogP contribution in [0.15, 0.2) is 11.4 Å². The van der Waals surface area contributed by atoms with Crippen molar-refractivity contribution in [3.05, 3.63) is 21.9 Å². The van der Waals surface area contributed by atoms with E-state index in [1.165, 1.54) is 36.4 Å². The maximum Gasteiger partial charge on any atom is 0.0277 e. The number of hydrogen-bond acceptors (Lipinski definition) is 3. The molecule has 1 aromatic rings. The monoisotopic (exact) mass is 196 g/mol. The van der Waals surface area contributed by atoms with Crippen molar-refractivity contribution in [3.8, 4) is 0 Å². The highest BCUT2D eigenvalue weighted by Crippen LogP contribution is 2.20. The standard InChI is InChI=1S/C10H16N2S/c11-7-10-9(3-6-13-10)8-12-4-1-2-5-12/h3,6H,1-2,4-5,7-8,11H2. The molecule has 2 heterocycles. The van der Waals surface area contributed by atoms with E-state index in [1.807, 2.05) is 0 Å². The molecular weight excluding hydrogens is 180 g/mol. The normalized spacial score (nSPS) is 18.2. The van der Waals surface area contributed by atoms with Crippen LogP contribution < -0.4 is 5.73 Å². The summed E-state index contributed by atoms with van der Waals surface area (Å²) >= 11 is 1.78. The Balaban J connectivity index is 1.99. The summed E-state index contributed by atoms with van der Waals surface area (Å²) in [5.41, 5.74) is 7.10. The summed E-state index contributed by atoms with van der Waals surface area (Å²) in [5, 5.41) is 2.15. The zero-order chi connectivity index (χ0) is 9.10. The van der Waals surface area contributed by atoms with Crippen molar-refractivity contribution in [1.82, 2.24) is 4.90 Å². The van der Waals surface area contributed by atoms with E-state index < -0.39 is 0 Å². The van der Waals surface area contributed by atoms with Crippen LogP contribution in [0.1, 0.15) is 23.3 Å². The molecule has 72 valence electrons. The lowest BCUT2D eigenvalue weighted by atomic mass is 10.2. The SMILES string of the molecule is NCc1sccc1CN1CCCC1. The Bertz CT molecular complexity index is 264. The highest BCUT2D eigenvalue weighted by molar-refractivity contribution is 7.10. The number of likely N-dealkylation sites (tertiary alicyclic amines) is 1. The Morgan fingerprint density at radius 1 is 1.38 bits per heavy atom. The van der Waals surface area contributed by atoms with Crippen LogP contribution in [0.5, 0.6) is 0 Å². The Kier molecular flexibility index (Phi) is 2.98. The van der Waals surface area contributed by atoms with Crippen LogP contribution in [0.2, 0.25) is 0 Å². The zero-order valence-electron chi connectivity index (χ0n) is 7.83. The second-order valence-electron chi connectivity index (χ2n) is 3.56. The van der Waals surface area contributed by atoms with Gasteiger partial charge in [-0.15, -0.1) is 11.3 Å². The van der Waals surface area contributed by atoms with E-state index in [2.05, 4.69) is 16.3 Å². The van der Waals surface area contributed by atoms with Crippen LogP contribution in [0.3, 0.4) is 0 Å². The first-order chi connectivity index (χ1) is 6.40. The number of nitrogens with zero attached hydrogens (tertiary/aromatic N) is 1. The average Bonchev–Trinajstić information content (AvgIpc) is 2.76. The Morgan fingerprint density at radius 3 is 2.85 bits per heavy atom. The van der Waals surface area contributed by atoms with Crippen molar-refractivity contribution >= 4 is 11.3 Å². The van der Waals surface area contributed by atoms with Gasteiger partial charge in [-0.1, -0.05) is 0 Å². The summed E-state index contributed by atoms with van der Waals surface area (Å²) in [7, 11) is 0. The topological polar surface area (TPSA) is 29.3 Å². The summed E-state index contributed by atoms with van der Waals surface area (Å²) in [6, 6.07) is 2.21. The molecule has 0 bridgehead atoms. The van der Waals surface area contributed by atoms with E-state index in [-0.39, 0.29) is 0 Å². The Labute approximate surface area is 83.4 Å². The molecule has 13 heavy (non-hydrogen) atoms. The summed E-state index contributed by atoms with van der Waals surface area (Å²) in [5.74, 6) is 0. The van der Waals surface area contributed by atoms with Gasteiger partial charge in [0.25, 0.3) is 0 Å². The molecule has 1 saturated heterocycles. The van der Waals surface area contributed by atoms with Gasteiger partial charge < -0.3 is 5.73 Å². The third kappa shape index (κ3) is 2.10. The third-order valence-electron chi connectivity index (χ3n) is 2.62. The maximum atomic E-state index is 5.66. The molecule has 1 aliphatic heterocycles. The molecule has 3 heteroatoms. The van der Waals surface area contributed by atoms with Crippen molar-refractivity contribution in [3.63, 3.8) is 0 Å². The van der Waals surface area contributed by atoms with Gasteiger partial charge >= 0.3 is 0 Å². The first-order valence-electron chi connectivity index (χ1n) is 4.88. The number of rotatable bonds is 3. The number of hydrogen-bond donors (Lipinski definition) is 1. The highest BCUT2D eigenvalue weighted by atomic mass is 32.1. The summed E-state index contributed by atoms with van der Waals surface area (Å²) in [4.78, 5) is 3.87. The first-order valence-corrected chi connectivity index (χ1v) is 5.76. The van der Waals surface area contributed by atoms with Crippen molar-refractivity contribution in [2.24, 2.45) is 5.73 Å².